The van der Waals surface area contributed by atoms with Crippen molar-refractivity contribution in [2.75, 3.05) is 13.1 Å². The van der Waals surface area contributed by atoms with E-state index in [1.54, 1.807) is 0 Å². The van der Waals surface area contributed by atoms with Crippen LogP contribution in [0.5, 0.6) is 0 Å². The molecule has 0 radical (unpaired) electrons. The Hall–Kier alpha value is -0.340. The van der Waals surface area contributed by atoms with E-state index >= 15 is 0 Å². The lowest BCUT2D eigenvalue weighted by atomic mass is 9.79. The highest BCUT2D eigenvalue weighted by molar-refractivity contribution is 4.95. The van der Waals surface area contributed by atoms with Gasteiger partial charge in [-0.3, -0.25) is 0 Å². The van der Waals surface area contributed by atoms with Gasteiger partial charge in [-0.15, -0.1) is 0 Å². The first-order chi connectivity index (χ1) is 7.02. The van der Waals surface area contributed by atoms with E-state index in [4.69, 9.17) is 0 Å². The average molecular weight is 211 g/mol. The van der Waals surface area contributed by atoms with Crippen molar-refractivity contribution in [2.45, 2.75) is 52.1 Å². The molecule has 0 saturated heterocycles. The Morgan fingerprint density at radius 2 is 2.00 bits per heavy atom. The van der Waals surface area contributed by atoms with Gasteiger partial charge in [-0.1, -0.05) is 18.6 Å². The van der Waals surface area contributed by atoms with Gasteiger partial charge in [-0.05, 0) is 45.4 Å². The standard InChI is InChI=1S/C13H25NO/c1-11(2)6-9-14-10-13(15)7-4-12(3)5-8-13/h6,12,14-15H,4-5,7-10H2,1-3H3. The van der Waals surface area contributed by atoms with Crippen LogP contribution in [-0.2, 0) is 0 Å². The van der Waals surface area contributed by atoms with E-state index in [-0.39, 0.29) is 0 Å². The van der Waals surface area contributed by atoms with Gasteiger partial charge in [0.25, 0.3) is 0 Å². The number of allylic oxidation sites excluding steroid dienone is 1. The summed E-state index contributed by atoms with van der Waals surface area (Å²) in [5.41, 5.74) is 0.883. The second kappa shape index (κ2) is 5.66. The molecule has 0 spiro atoms. The number of hydrogen-bond donors (Lipinski definition) is 2. The molecule has 0 aromatic rings. The zero-order valence-corrected chi connectivity index (χ0v) is 10.3. The van der Waals surface area contributed by atoms with Crippen LogP contribution in [0.25, 0.3) is 0 Å². The molecule has 0 amide bonds. The molecule has 1 fully saturated rings. The number of nitrogens with one attached hydrogen (secondary N) is 1. The Bertz CT molecular complexity index is 211. The fourth-order valence-electron chi connectivity index (χ4n) is 2.06. The monoisotopic (exact) mass is 211 g/mol. The molecule has 0 atom stereocenters. The van der Waals surface area contributed by atoms with Crippen LogP contribution in [0.1, 0.15) is 46.5 Å². The van der Waals surface area contributed by atoms with Crippen LogP contribution in [0, 0.1) is 5.92 Å². The third kappa shape index (κ3) is 4.80. The zero-order valence-electron chi connectivity index (χ0n) is 10.3. The van der Waals surface area contributed by atoms with Gasteiger partial charge < -0.3 is 10.4 Å². The molecule has 2 nitrogen and oxygen atoms in total. The minimum atomic E-state index is -0.442. The summed E-state index contributed by atoms with van der Waals surface area (Å²) < 4.78 is 0. The molecule has 0 aliphatic heterocycles. The summed E-state index contributed by atoms with van der Waals surface area (Å²) in [4.78, 5) is 0. The first kappa shape index (κ1) is 12.7. The highest BCUT2D eigenvalue weighted by atomic mass is 16.3. The summed E-state index contributed by atoms with van der Waals surface area (Å²) in [6.07, 6.45) is 6.41. The molecule has 0 aromatic carbocycles. The summed E-state index contributed by atoms with van der Waals surface area (Å²) in [6, 6.07) is 0. The van der Waals surface area contributed by atoms with Crippen molar-refractivity contribution < 1.29 is 5.11 Å². The second-order valence-corrected chi connectivity index (χ2v) is 5.32. The first-order valence-corrected chi connectivity index (χ1v) is 6.08. The van der Waals surface area contributed by atoms with Crippen LogP contribution < -0.4 is 5.32 Å². The van der Waals surface area contributed by atoms with E-state index in [0.717, 1.165) is 31.8 Å². The molecular weight excluding hydrogens is 186 g/mol. The van der Waals surface area contributed by atoms with Crippen molar-refractivity contribution in [1.82, 2.24) is 5.32 Å². The van der Waals surface area contributed by atoms with Gasteiger partial charge in [0.1, 0.15) is 0 Å². The lowest BCUT2D eigenvalue weighted by Gasteiger charge is -2.35. The Morgan fingerprint density at radius 3 is 2.53 bits per heavy atom. The van der Waals surface area contributed by atoms with E-state index < -0.39 is 5.60 Å². The maximum Gasteiger partial charge on any atom is 0.0771 e. The fourth-order valence-corrected chi connectivity index (χ4v) is 2.06. The number of aliphatic hydroxyl groups is 1. The Morgan fingerprint density at radius 1 is 1.40 bits per heavy atom. The highest BCUT2D eigenvalue weighted by Gasteiger charge is 2.30. The van der Waals surface area contributed by atoms with Crippen molar-refractivity contribution in [3.05, 3.63) is 11.6 Å². The molecule has 1 rings (SSSR count). The van der Waals surface area contributed by atoms with Crippen LogP contribution in [0.3, 0.4) is 0 Å². The number of hydrogen-bond acceptors (Lipinski definition) is 2. The molecule has 88 valence electrons. The van der Waals surface area contributed by atoms with Gasteiger partial charge in [0.15, 0.2) is 0 Å². The molecule has 2 heteroatoms. The topological polar surface area (TPSA) is 32.3 Å². The molecule has 0 bridgehead atoms. The molecule has 1 aliphatic carbocycles. The molecule has 0 unspecified atom stereocenters. The van der Waals surface area contributed by atoms with Crippen molar-refractivity contribution in [1.29, 1.82) is 0 Å². The first-order valence-electron chi connectivity index (χ1n) is 6.08. The molecule has 0 aromatic heterocycles. The molecule has 2 N–H and O–H groups in total. The summed E-state index contributed by atoms with van der Waals surface area (Å²) in [6.45, 7) is 8.08. The summed E-state index contributed by atoms with van der Waals surface area (Å²) in [5, 5.41) is 13.6. The van der Waals surface area contributed by atoms with Crippen LogP contribution >= 0.6 is 0 Å². The molecule has 1 aliphatic rings. The van der Waals surface area contributed by atoms with Gasteiger partial charge in [0, 0.05) is 13.1 Å². The Balaban J connectivity index is 2.22. The minimum absolute atomic E-state index is 0.442. The van der Waals surface area contributed by atoms with Gasteiger partial charge >= 0.3 is 0 Å². The molecule has 15 heavy (non-hydrogen) atoms. The third-order valence-electron chi connectivity index (χ3n) is 3.31. The molecule has 1 saturated carbocycles. The quantitative estimate of drug-likeness (QED) is 0.553. The fraction of sp³-hybridized carbons (Fsp3) is 0.846. The van der Waals surface area contributed by atoms with Gasteiger partial charge in [-0.2, -0.15) is 0 Å². The summed E-state index contributed by atoms with van der Waals surface area (Å²) in [5.74, 6) is 0.794. The van der Waals surface area contributed by atoms with Gasteiger partial charge in [-0.25, -0.2) is 0 Å². The zero-order chi connectivity index (χ0) is 11.3. The second-order valence-electron chi connectivity index (χ2n) is 5.32. The highest BCUT2D eigenvalue weighted by Crippen LogP contribution is 2.31. The minimum Gasteiger partial charge on any atom is -0.389 e. The Labute approximate surface area is 93.8 Å². The third-order valence-corrected chi connectivity index (χ3v) is 3.31. The van der Waals surface area contributed by atoms with E-state index in [9.17, 15) is 5.11 Å². The molecule has 0 heterocycles. The average Bonchev–Trinajstić information content (AvgIpc) is 2.18. The van der Waals surface area contributed by atoms with E-state index in [0.29, 0.717) is 0 Å². The van der Waals surface area contributed by atoms with E-state index in [2.05, 4.69) is 32.2 Å². The lowest BCUT2D eigenvalue weighted by Crippen LogP contribution is -2.43. The lowest BCUT2D eigenvalue weighted by molar-refractivity contribution is -0.00531. The number of rotatable bonds is 4. The maximum absolute atomic E-state index is 10.3. The SMILES string of the molecule is CC(C)=CCNCC1(O)CCC(C)CC1. The van der Waals surface area contributed by atoms with Crippen LogP contribution in [0.2, 0.25) is 0 Å². The van der Waals surface area contributed by atoms with Crippen molar-refractivity contribution in [2.24, 2.45) is 5.92 Å². The van der Waals surface area contributed by atoms with E-state index in [1.807, 2.05) is 0 Å². The normalized spacial score (nSPS) is 31.3. The van der Waals surface area contributed by atoms with Crippen LogP contribution in [-0.4, -0.2) is 23.8 Å². The van der Waals surface area contributed by atoms with Crippen LogP contribution in [0.4, 0.5) is 0 Å². The van der Waals surface area contributed by atoms with Crippen molar-refractivity contribution >= 4 is 0 Å². The molecular formula is C13H25NO. The van der Waals surface area contributed by atoms with Gasteiger partial charge in [0.2, 0.25) is 0 Å². The summed E-state index contributed by atoms with van der Waals surface area (Å²) in [7, 11) is 0. The predicted octanol–water partition coefficient (Wildman–Crippen LogP) is 2.48. The predicted molar refractivity (Wildman–Crippen MR) is 64.9 cm³/mol. The van der Waals surface area contributed by atoms with Crippen LogP contribution in [0.15, 0.2) is 11.6 Å². The van der Waals surface area contributed by atoms with Gasteiger partial charge in [0.05, 0.1) is 5.60 Å². The Kier molecular flexibility index (Phi) is 4.81. The van der Waals surface area contributed by atoms with Crippen molar-refractivity contribution in [3.8, 4) is 0 Å². The van der Waals surface area contributed by atoms with Crippen molar-refractivity contribution in [3.63, 3.8) is 0 Å². The largest absolute Gasteiger partial charge is 0.389 e. The smallest absolute Gasteiger partial charge is 0.0771 e. The summed E-state index contributed by atoms with van der Waals surface area (Å²) >= 11 is 0. The maximum atomic E-state index is 10.3. The van der Waals surface area contributed by atoms with E-state index in [1.165, 1.54) is 18.4 Å².